The van der Waals surface area contributed by atoms with Crippen LogP contribution in [-0.4, -0.2) is 0 Å². The first kappa shape index (κ1) is 20.5. The van der Waals surface area contributed by atoms with E-state index in [1.807, 2.05) is 48.5 Å². The number of aryl methyl sites for hydroxylation is 2. The molecule has 0 N–H and O–H groups in total. The molecule has 0 atom stereocenters. The van der Waals surface area contributed by atoms with E-state index < -0.39 is 8.25 Å². The lowest BCUT2D eigenvalue weighted by atomic mass is 10.1. The molecule has 0 saturated heterocycles. The summed E-state index contributed by atoms with van der Waals surface area (Å²) in [5.74, 6) is 1.32. The van der Waals surface area contributed by atoms with Gasteiger partial charge in [0.25, 0.3) is 0 Å². The van der Waals surface area contributed by atoms with Gasteiger partial charge in [0.2, 0.25) is 0 Å². The molecule has 2 rings (SSSR count). The van der Waals surface area contributed by atoms with Crippen LogP contribution in [-0.2, 0) is 17.4 Å². The summed E-state index contributed by atoms with van der Waals surface area (Å²) in [7, 11) is -2.25. The quantitative estimate of drug-likeness (QED) is 0.290. The molecule has 2 aromatic rings. The molecule has 0 fully saturated rings. The van der Waals surface area contributed by atoms with Crippen LogP contribution < -0.4 is 9.05 Å². The van der Waals surface area contributed by atoms with Crippen LogP contribution in [0.1, 0.15) is 63.5 Å². The Morgan fingerprint density at radius 1 is 0.692 bits per heavy atom. The molecular weight excluding hydrogens is 343 g/mol. The molecule has 0 spiro atoms. The molecule has 0 unspecified atom stereocenters. The maximum absolute atomic E-state index is 12.4. The van der Waals surface area contributed by atoms with Crippen molar-refractivity contribution in [3.63, 3.8) is 0 Å². The average Bonchev–Trinajstić information content (AvgIpc) is 2.65. The molecule has 3 nitrogen and oxygen atoms in total. The monoisotopic (exact) mass is 373 g/mol. The Kier molecular flexibility index (Phi) is 9.20. The topological polar surface area (TPSA) is 35.5 Å². The lowest BCUT2D eigenvalue weighted by Gasteiger charge is -2.05. The van der Waals surface area contributed by atoms with E-state index in [-0.39, 0.29) is 0 Å². The molecule has 0 aliphatic heterocycles. The summed E-state index contributed by atoms with van der Waals surface area (Å²) >= 11 is 0. The Morgan fingerprint density at radius 2 is 1.12 bits per heavy atom. The van der Waals surface area contributed by atoms with Gasteiger partial charge in [0.15, 0.2) is 11.5 Å². The molecule has 0 bridgehead atoms. The van der Waals surface area contributed by atoms with Crippen molar-refractivity contribution >= 4 is 8.25 Å². The first-order chi connectivity index (χ1) is 12.7. The smallest absolute Gasteiger partial charge is 0.222 e. The highest BCUT2D eigenvalue weighted by Gasteiger charge is 2.26. The van der Waals surface area contributed by atoms with Crippen LogP contribution in [0.5, 0.6) is 11.5 Å². The summed E-state index contributed by atoms with van der Waals surface area (Å²) in [5.41, 5.74) is 2.17. The lowest BCUT2D eigenvalue weighted by Crippen LogP contribution is -1.96. The second kappa shape index (κ2) is 11.7. The van der Waals surface area contributed by atoms with Crippen molar-refractivity contribution in [2.45, 2.75) is 65.2 Å². The average molecular weight is 373 g/mol. The third kappa shape index (κ3) is 6.80. The van der Waals surface area contributed by atoms with Crippen LogP contribution in [0, 0.1) is 0 Å². The number of hydrogen-bond acceptors (Lipinski definition) is 3. The fraction of sp³-hybridized carbons (Fsp3) is 0.455. The summed E-state index contributed by atoms with van der Waals surface area (Å²) in [6.07, 6.45) is 8.79. The Morgan fingerprint density at radius 3 is 1.54 bits per heavy atom. The van der Waals surface area contributed by atoms with E-state index in [0.29, 0.717) is 11.5 Å². The third-order valence-corrected chi connectivity index (χ3v) is 5.08. The van der Waals surface area contributed by atoms with E-state index in [9.17, 15) is 4.57 Å². The van der Waals surface area contributed by atoms with Gasteiger partial charge in [-0.1, -0.05) is 75.9 Å². The summed E-state index contributed by atoms with van der Waals surface area (Å²) < 4.78 is 23.7. The lowest BCUT2D eigenvalue weighted by molar-refractivity contribution is 0.411. The molecule has 0 amide bonds. The van der Waals surface area contributed by atoms with E-state index >= 15 is 0 Å². The van der Waals surface area contributed by atoms with Gasteiger partial charge in [0.05, 0.1) is 0 Å². The van der Waals surface area contributed by atoms with Crippen LogP contribution >= 0.6 is 8.25 Å². The Bertz CT molecular complexity index is 627. The van der Waals surface area contributed by atoms with Gasteiger partial charge in [-0.05, 0) is 37.8 Å². The predicted octanol–water partition coefficient (Wildman–Crippen LogP) is 7.27. The standard InChI is InChI=1S/C22H30O3P/c1-3-5-7-13-19-15-9-11-17-21(19)24-26(23)25-22-18-12-10-16-20(22)14-8-6-4-2/h9-12,15-18H,3-8,13-14H2,1-2H3/q+1. The van der Waals surface area contributed by atoms with Crippen LogP contribution in [0.25, 0.3) is 0 Å². The molecule has 0 aromatic heterocycles. The highest BCUT2D eigenvalue weighted by molar-refractivity contribution is 7.34. The van der Waals surface area contributed by atoms with E-state index in [4.69, 9.17) is 9.05 Å². The highest BCUT2D eigenvalue weighted by atomic mass is 31.1. The minimum absolute atomic E-state index is 0.660. The summed E-state index contributed by atoms with van der Waals surface area (Å²) in [5, 5.41) is 0. The largest absolute Gasteiger partial charge is 0.805 e. The first-order valence-corrected chi connectivity index (χ1v) is 10.8. The van der Waals surface area contributed by atoms with Crippen molar-refractivity contribution in [1.82, 2.24) is 0 Å². The Hall–Kier alpha value is -1.86. The SMILES string of the molecule is CCCCCc1ccccc1O[P+](=O)Oc1ccccc1CCCCC. The highest BCUT2D eigenvalue weighted by Crippen LogP contribution is 2.35. The van der Waals surface area contributed by atoms with Crippen molar-refractivity contribution in [2.24, 2.45) is 0 Å². The van der Waals surface area contributed by atoms with Crippen LogP contribution in [0.2, 0.25) is 0 Å². The van der Waals surface area contributed by atoms with Gasteiger partial charge in [0.1, 0.15) is 0 Å². The third-order valence-electron chi connectivity index (χ3n) is 4.39. The second-order valence-electron chi connectivity index (χ2n) is 6.54. The summed E-state index contributed by atoms with van der Waals surface area (Å²) in [6.45, 7) is 4.37. The van der Waals surface area contributed by atoms with Gasteiger partial charge in [-0.3, -0.25) is 0 Å². The summed E-state index contributed by atoms with van der Waals surface area (Å²) in [4.78, 5) is 0. The zero-order valence-corrected chi connectivity index (χ0v) is 16.8. The molecule has 4 heteroatoms. The van der Waals surface area contributed by atoms with Crippen molar-refractivity contribution in [3.8, 4) is 11.5 Å². The summed E-state index contributed by atoms with van der Waals surface area (Å²) in [6, 6.07) is 15.6. The zero-order chi connectivity index (χ0) is 18.6. The fourth-order valence-electron chi connectivity index (χ4n) is 2.91. The minimum Gasteiger partial charge on any atom is -0.222 e. The van der Waals surface area contributed by atoms with E-state index in [0.717, 1.165) is 36.8 Å². The molecule has 0 aliphatic carbocycles. The van der Waals surface area contributed by atoms with Crippen molar-refractivity contribution in [1.29, 1.82) is 0 Å². The van der Waals surface area contributed by atoms with E-state index in [1.54, 1.807) is 0 Å². The van der Waals surface area contributed by atoms with Crippen LogP contribution in [0.15, 0.2) is 48.5 Å². The van der Waals surface area contributed by atoms with Crippen molar-refractivity contribution < 1.29 is 13.6 Å². The van der Waals surface area contributed by atoms with Crippen LogP contribution in [0.4, 0.5) is 0 Å². The Labute approximate surface area is 158 Å². The number of unbranched alkanes of at least 4 members (excludes halogenated alkanes) is 4. The molecule has 0 aliphatic rings. The molecule has 0 saturated carbocycles. The molecule has 0 heterocycles. The maximum atomic E-state index is 12.4. The minimum atomic E-state index is -2.25. The number of hydrogen-bond donors (Lipinski definition) is 0. The van der Waals surface area contributed by atoms with Crippen LogP contribution in [0.3, 0.4) is 0 Å². The zero-order valence-electron chi connectivity index (χ0n) is 15.9. The predicted molar refractivity (Wildman–Crippen MR) is 108 cm³/mol. The fourth-order valence-corrected chi connectivity index (χ4v) is 3.62. The van der Waals surface area contributed by atoms with Gasteiger partial charge in [-0.15, -0.1) is 0 Å². The Balaban J connectivity index is 1.99. The van der Waals surface area contributed by atoms with E-state index in [1.165, 1.54) is 25.7 Å². The number of para-hydroxylation sites is 2. The normalized spacial score (nSPS) is 10.5. The van der Waals surface area contributed by atoms with Crippen molar-refractivity contribution in [3.05, 3.63) is 59.7 Å². The molecule has 26 heavy (non-hydrogen) atoms. The maximum Gasteiger partial charge on any atom is 0.805 e. The van der Waals surface area contributed by atoms with Gasteiger partial charge in [0, 0.05) is 15.7 Å². The van der Waals surface area contributed by atoms with Gasteiger partial charge >= 0.3 is 8.25 Å². The van der Waals surface area contributed by atoms with Crippen molar-refractivity contribution in [2.75, 3.05) is 0 Å². The second-order valence-corrected chi connectivity index (χ2v) is 7.35. The number of benzene rings is 2. The number of rotatable bonds is 12. The van der Waals surface area contributed by atoms with Gasteiger partial charge < -0.3 is 0 Å². The molecule has 140 valence electrons. The first-order valence-electron chi connectivity index (χ1n) is 9.73. The molecular formula is C22H30O3P+. The van der Waals surface area contributed by atoms with Gasteiger partial charge in [-0.25, -0.2) is 9.05 Å². The van der Waals surface area contributed by atoms with Gasteiger partial charge in [-0.2, -0.15) is 0 Å². The molecule has 0 radical (unpaired) electrons. The van der Waals surface area contributed by atoms with E-state index in [2.05, 4.69) is 13.8 Å². The molecule has 2 aromatic carbocycles.